The molecule has 2 heterocycles. The molecule has 2 unspecified atom stereocenters. The maximum Gasteiger partial charge on any atom is 0.142 e. The molecule has 44 heavy (non-hydrogen) atoms. The molecule has 7 rings (SSSR count). The summed E-state index contributed by atoms with van der Waals surface area (Å²) >= 11 is 0. The molecular formula is C30H26Cl2O10S2. The molecule has 14 heteroatoms. The molecule has 0 saturated heterocycles. The summed E-state index contributed by atoms with van der Waals surface area (Å²) in [6.07, 6.45) is 1.93. The van der Waals surface area contributed by atoms with Gasteiger partial charge in [-0.1, -0.05) is 61.4 Å². The normalized spacial score (nSPS) is 23.0. The summed E-state index contributed by atoms with van der Waals surface area (Å²) < 4.78 is 100. The van der Waals surface area contributed by atoms with Gasteiger partial charge >= 0.3 is 0 Å². The molecule has 0 spiro atoms. The largest absolute Gasteiger partial charge is 0.455 e. The summed E-state index contributed by atoms with van der Waals surface area (Å²) in [7, 11) is -16.6. The summed E-state index contributed by atoms with van der Waals surface area (Å²) in [6.45, 7) is 0. The minimum absolute atomic E-state index is 0.316. The van der Waals surface area contributed by atoms with E-state index in [9.17, 15) is 28.0 Å². The van der Waals surface area contributed by atoms with Gasteiger partial charge in [0.25, 0.3) is 0 Å². The highest BCUT2D eigenvalue weighted by atomic mass is 35.7. The summed E-state index contributed by atoms with van der Waals surface area (Å²) in [5.41, 5.74) is 0. The Morgan fingerprint density at radius 1 is 0.477 bits per heavy atom. The van der Waals surface area contributed by atoms with Crippen LogP contribution in [0.5, 0.6) is 23.0 Å². The van der Waals surface area contributed by atoms with E-state index < -0.39 is 51.6 Å². The Morgan fingerprint density at radius 3 is 1.02 bits per heavy atom. The molecule has 0 amide bonds. The number of hydrogen-bond donors (Lipinski definition) is 0. The molecule has 10 nitrogen and oxygen atoms in total. The van der Waals surface area contributed by atoms with Gasteiger partial charge < -0.3 is 9.47 Å². The summed E-state index contributed by atoms with van der Waals surface area (Å²) in [5.74, 6) is 1.27. The van der Waals surface area contributed by atoms with Crippen LogP contribution in [0.4, 0.5) is 0 Å². The van der Waals surface area contributed by atoms with Crippen molar-refractivity contribution >= 4 is 20.6 Å². The molecule has 232 valence electrons. The van der Waals surface area contributed by atoms with Crippen LogP contribution in [0.3, 0.4) is 0 Å². The zero-order chi connectivity index (χ0) is 30.7. The van der Waals surface area contributed by atoms with Gasteiger partial charge in [-0.2, -0.15) is 28.0 Å². The maximum absolute atomic E-state index is 12.7. The van der Waals surface area contributed by atoms with Gasteiger partial charge in [-0.05, 0) is 61.4 Å². The Kier molecular flexibility index (Phi) is 7.56. The molecule has 4 aromatic carbocycles. The zero-order valence-corrected chi connectivity index (χ0v) is 26.0. The standard InChI is InChI=1S/C30H26Cl2O10S2/c33-31(34,35)41-43(25-15-5-1-11-21(25)39-22-12-2-6-16-26(22)43)29-19-9-10-20-30(29)44(42-32(36,37)38)27-17-7-3-13-23(27)40-24-14-4-8-18-28(24)44/h1-8,11-18,29-30H,9-10,19-20H2. The van der Waals surface area contributed by atoms with E-state index in [4.69, 9.17) is 16.9 Å². The van der Waals surface area contributed by atoms with E-state index in [0.29, 0.717) is 68.3 Å². The Bertz CT molecular complexity index is 1490. The quantitative estimate of drug-likeness (QED) is 0.293. The van der Waals surface area contributed by atoms with Crippen LogP contribution in [0.25, 0.3) is 0 Å². The number of hydrogen-bond acceptors (Lipinski definition) is 10. The van der Waals surface area contributed by atoms with Crippen molar-refractivity contribution < 1.29 is 65.4 Å². The number of fused-ring (bicyclic) bond motifs is 4. The van der Waals surface area contributed by atoms with Crippen LogP contribution in [0, 0.1) is 20.5 Å². The molecule has 0 radical (unpaired) electrons. The van der Waals surface area contributed by atoms with Crippen molar-refractivity contribution in [3.8, 4) is 23.0 Å². The molecule has 4 aromatic rings. The Morgan fingerprint density at radius 2 is 0.750 bits per heavy atom. The minimum atomic E-state index is -5.01. The van der Waals surface area contributed by atoms with Gasteiger partial charge in [-0.15, -0.1) is 0 Å². The number of halogens is 2. The first kappa shape index (κ1) is 30.1. The predicted molar refractivity (Wildman–Crippen MR) is 142 cm³/mol. The fourth-order valence-corrected chi connectivity index (χ4v) is 17.9. The lowest BCUT2D eigenvalue weighted by atomic mass is 9.99. The molecule has 3 aliphatic rings. The first-order valence-electron chi connectivity index (χ1n) is 13.6. The molecule has 1 fully saturated rings. The highest BCUT2D eigenvalue weighted by molar-refractivity contribution is 8.34. The number of rotatable bonds is 6. The first-order valence-corrected chi connectivity index (χ1v) is 19.3. The van der Waals surface area contributed by atoms with Gasteiger partial charge in [0.05, 0.1) is 60.7 Å². The van der Waals surface area contributed by atoms with Crippen LogP contribution >= 0.6 is 20.6 Å². The van der Waals surface area contributed by atoms with Gasteiger partial charge in [0.15, 0.2) is 0 Å². The van der Waals surface area contributed by atoms with Crippen LogP contribution < -0.4 is 37.4 Å². The molecular weight excluding hydrogens is 655 g/mol. The summed E-state index contributed by atoms with van der Waals surface area (Å²) in [4.78, 5) is 1.47. The van der Waals surface area contributed by atoms with Crippen LogP contribution in [0.1, 0.15) is 25.7 Å². The van der Waals surface area contributed by atoms with Crippen LogP contribution in [0.2, 0.25) is 0 Å². The second-order valence-electron chi connectivity index (χ2n) is 10.4. The predicted octanol–water partition coefficient (Wildman–Crippen LogP) is 2.01. The number of benzene rings is 4. The summed E-state index contributed by atoms with van der Waals surface area (Å²) in [5, 5.41) is -1.63. The molecule has 1 saturated carbocycles. The Hall–Kier alpha value is -2.56. The second-order valence-corrected chi connectivity index (χ2v) is 18.3. The molecule has 0 aromatic heterocycles. The Labute approximate surface area is 260 Å². The fourth-order valence-electron chi connectivity index (χ4n) is 6.56. The lowest BCUT2D eigenvalue weighted by Gasteiger charge is -2.53. The van der Waals surface area contributed by atoms with E-state index in [1.807, 2.05) is 0 Å². The van der Waals surface area contributed by atoms with Gasteiger partial charge in [-0.25, -0.2) is 0 Å². The molecule has 2 atom stereocenters. The smallest absolute Gasteiger partial charge is 0.142 e. The van der Waals surface area contributed by atoms with Crippen LogP contribution in [0.15, 0.2) is 117 Å². The van der Waals surface area contributed by atoms with Gasteiger partial charge in [0.1, 0.15) is 30.5 Å². The molecule has 2 aliphatic heterocycles. The van der Waals surface area contributed by atoms with Gasteiger partial charge in [-0.3, -0.25) is 0 Å². The summed E-state index contributed by atoms with van der Waals surface area (Å²) in [6, 6.07) is 27.1. The van der Waals surface area contributed by atoms with Crippen molar-refractivity contribution in [2.45, 2.75) is 55.8 Å². The maximum atomic E-state index is 12.7. The van der Waals surface area contributed by atoms with Crippen molar-refractivity contribution in [2.75, 3.05) is 0 Å². The van der Waals surface area contributed by atoms with E-state index in [1.165, 1.54) is 0 Å². The van der Waals surface area contributed by atoms with Crippen molar-refractivity contribution in [3.05, 3.63) is 97.1 Å². The molecule has 1 aliphatic carbocycles. The first-order chi connectivity index (χ1) is 21.0. The highest BCUT2D eigenvalue weighted by Crippen LogP contribution is 2.83. The van der Waals surface area contributed by atoms with Gasteiger partial charge in [0, 0.05) is 10.5 Å². The Balaban J connectivity index is 1.57. The monoisotopic (exact) mass is 680 g/mol. The topological polar surface area (TPSA) is 175 Å². The number of para-hydroxylation sites is 4. The van der Waals surface area contributed by atoms with E-state index in [-0.39, 0.29) is 0 Å². The molecule has 0 bridgehead atoms. The minimum Gasteiger partial charge on any atom is -0.455 e. The van der Waals surface area contributed by atoms with Crippen molar-refractivity contribution in [3.63, 3.8) is 0 Å². The van der Waals surface area contributed by atoms with Gasteiger partial charge in [0.2, 0.25) is 0 Å². The van der Waals surface area contributed by atoms with Crippen molar-refractivity contribution in [1.29, 1.82) is 0 Å². The van der Waals surface area contributed by atoms with E-state index in [0.717, 1.165) is 0 Å². The average molecular weight is 682 g/mol. The van der Waals surface area contributed by atoms with E-state index in [2.05, 4.69) is 0 Å². The third kappa shape index (κ3) is 4.96. The van der Waals surface area contributed by atoms with E-state index in [1.54, 1.807) is 97.1 Å². The van der Waals surface area contributed by atoms with Crippen molar-refractivity contribution in [2.24, 2.45) is 0 Å². The van der Waals surface area contributed by atoms with Crippen LogP contribution in [-0.4, -0.2) is 10.5 Å². The fraction of sp³-hybridized carbons (Fsp3) is 0.200. The van der Waals surface area contributed by atoms with E-state index >= 15 is 0 Å². The second kappa shape index (κ2) is 11.1. The SMILES string of the molecule is [O-][Cl+3]([O-])([O-])OS1(C2CCCCC2S2(O[Cl+3]([O-])([O-])[O-])c3ccccc3Oc3ccccc32)c2ccccc2Oc2ccccc21. The number of ether oxygens (including phenoxy) is 2. The third-order valence-corrected chi connectivity index (χ3v) is 17.8. The lowest BCUT2D eigenvalue weighted by Crippen LogP contribution is -2.63. The molecule has 0 N–H and O–H groups in total. The van der Waals surface area contributed by atoms with Crippen molar-refractivity contribution in [1.82, 2.24) is 0 Å². The average Bonchev–Trinajstić information content (AvgIpc) is 2.99. The third-order valence-electron chi connectivity index (χ3n) is 7.99. The zero-order valence-electron chi connectivity index (χ0n) is 22.9. The highest BCUT2D eigenvalue weighted by Gasteiger charge is 2.65. The lowest BCUT2D eigenvalue weighted by molar-refractivity contribution is -1.91. The van der Waals surface area contributed by atoms with Crippen LogP contribution in [-0.2, 0) is 7.47 Å².